The zero-order valence-electron chi connectivity index (χ0n) is 7.98. The van der Waals surface area contributed by atoms with Gasteiger partial charge in [0.1, 0.15) is 0 Å². The van der Waals surface area contributed by atoms with Crippen LogP contribution in [0.5, 0.6) is 0 Å². The van der Waals surface area contributed by atoms with Crippen molar-refractivity contribution in [2.75, 3.05) is 0 Å². The molecule has 0 N–H and O–H groups in total. The van der Waals surface area contributed by atoms with Gasteiger partial charge in [-0.2, -0.15) is 0 Å². The molecule has 0 aliphatic carbocycles. The molecule has 0 spiro atoms. The molecule has 0 atom stereocenters. The Kier molecular flexibility index (Phi) is 4.08. The van der Waals surface area contributed by atoms with Crippen LogP contribution >= 0.6 is 23.2 Å². The van der Waals surface area contributed by atoms with Crippen LogP contribution in [0.2, 0.25) is 10.0 Å². The smallest absolute Gasteiger partial charge is 0.0455 e. The highest BCUT2D eigenvalue weighted by Crippen LogP contribution is 2.31. The minimum absolute atomic E-state index is 0.560. The molecule has 0 nitrogen and oxygen atoms in total. The maximum absolute atomic E-state index is 6.10. The summed E-state index contributed by atoms with van der Waals surface area (Å²) in [4.78, 5) is 0. The van der Waals surface area contributed by atoms with Gasteiger partial charge in [-0.25, -0.2) is 0 Å². The molecule has 0 amide bonds. The molecule has 0 fully saturated rings. The molecule has 0 bridgehead atoms. The third-order valence-corrected chi connectivity index (χ3v) is 2.95. The molecule has 0 saturated heterocycles. The Morgan fingerprint density at radius 2 is 1.77 bits per heavy atom. The predicted octanol–water partition coefficient (Wildman–Crippen LogP) is 4.90. The Hall–Kier alpha value is -0.200. The summed E-state index contributed by atoms with van der Waals surface area (Å²) in [5.41, 5.74) is 1.22. The van der Waals surface area contributed by atoms with Crippen LogP contribution in [0.25, 0.3) is 0 Å². The molecule has 0 aliphatic rings. The first-order chi connectivity index (χ1) is 6.19. The number of hydrogen-bond acceptors (Lipinski definition) is 0. The monoisotopic (exact) mass is 216 g/mol. The summed E-state index contributed by atoms with van der Waals surface area (Å²) in [6.07, 6.45) is 2.25. The van der Waals surface area contributed by atoms with E-state index in [0.29, 0.717) is 10.9 Å². The van der Waals surface area contributed by atoms with Gasteiger partial charge in [0.25, 0.3) is 0 Å². The second-order valence-electron chi connectivity index (χ2n) is 3.18. The summed E-state index contributed by atoms with van der Waals surface area (Å²) in [5, 5.41) is 1.50. The highest BCUT2D eigenvalue weighted by Gasteiger charge is 2.10. The van der Waals surface area contributed by atoms with Crippen LogP contribution in [0.1, 0.15) is 38.2 Å². The summed E-state index contributed by atoms with van der Waals surface area (Å²) in [6.45, 7) is 4.36. The largest absolute Gasteiger partial charge is 0.0843 e. The number of hydrogen-bond donors (Lipinski definition) is 0. The van der Waals surface area contributed by atoms with E-state index in [4.69, 9.17) is 23.2 Å². The Balaban J connectivity index is 2.99. The van der Waals surface area contributed by atoms with Crippen LogP contribution in [0.15, 0.2) is 18.2 Å². The highest BCUT2D eigenvalue weighted by molar-refractivity contribution is 6.35. The molecule has 1 aromatic rings. The number of halogens is 2. The van der Waals surface area contributed by atoms with E-state index in [1.165, 1.54) is 5.56 Å². The molecular weight excluding hydrogens is 203 g/mol. The molecule has 1 aromatic carbocycles. The van der Waals surface area contributed by atoms with Crippen molar-refractivity contribution in [1.82, 2.24) is 0 Å². The van der Waals surface area contributed by atoms with E-state index in [0.717, 1.165) is 17.9 Å². The van der Waals surface area contributed by atoms with Crippen molar-refractivity contribution >= 4 is 23.2 Å². The lowest BCUT2D eigenvalue weighted by molar-refractivity contribution is 0.642. The van der Waals surface area contributed by atoms with Gasteiger partial charge < -0.3 is 0 Å². The van der Waals surface area contributed by atoms with Gasteiger partial charge in [-0.1, -0.05) is 43.1 Å². The first-order valence-electron chi connectivity index (χ1n) is 4.64. The van der Waals surface area contributed by atoms with E-state index in [-0.39, 0.29) is 0 Å². The minimum atomic E-state index is 0.560. The summed E-state index contributed by atoms with van der Waals surface area (Å²) < 4.78 is 0. The van der Waals surface area contributed by atoms with Gasteiger partial charge in [0.05, 0.1) is 0 Å². The Morgan fingerprint density at radius 3 is 2.23 bits per heavy atom. The van der Waals surface area contributed by atoms with Crippen LogP contribution in [0, 0.1) is 0 Å². The highest BCUT2D eigenvalue weighted by atomic mass is 35.5. The van der Waals surface area contributed by atoms with Gasteiger partial charge in [-0.3, -0.25) is 0 Å². The lowest BCUT2D eigenvalue weighted by atomic mass is 9.94. The van der Waals surface area contributed by atoms with Crippen LogP contribution < -0.4 is 0 Å². The van der Waals surface area contributed by atoms with Crippen LogP contribution in [-0.2, 0) is 0 Å². The topological polar surface area (TPSA) is 0 Å². The van der Waals surface area contributed by atoms with E-state index in [9.17, 15) is 0 Å². The third kappa shape index (κ3) is 2.62. The molecule has 0 heterocycles. The van der Waals surface area contributed by atoms with Gasteiger partial charge in [-0.05, 0) is 36.5 Å². The molecule has 0 aromatic heterocycles. The minimum Gasteiger partial charge on any atom is -0.0843 e. The lowest BCUT2D eigenvalue weighted by Gasteiger charge is -2.14. The lowest BCUT2D eigenvalue weighted by Crippen LogP contribution is -1.95. The van der Waals surface area contributed by atoms with Crippen LogP contribution in [0.4, 0.5) is 0 Å². The second kappa shape index (κ2) is 4.88. The fourth-order valence-corrected chi connectivity index (χ4v) is 2.12. The number of rotatable bonds is 3. The van der Waals surface area contributed by atoms with Gasteiger partial charge in [-0.15, -0.1) is 0 Å². The molecule has 72 valence electrons. The van der Waals surface area contributed by atoms with Crippen LogP contribution in [-0.4, -0.2) is 0 Å². The standard InChI is InChI=1S/C11H14Cl2/c1-3-8(4-2)10-6-5-9(12)7-11(10)13/h5-8H,3-4H2,1-2H3. The molecule has 0 unspecified atom stereocenters. The number of benzene rings is 1. The molecule has 1 rings (SSSR count). The SMILES string of the molecule is CCC(CC)c1ccc(Cl)cc1Cl. The zero-order chi connectivity index (χ0) is 9.84. The molecule has 13 heavy (non-hydrogen) atoms. The van der Waals surface area contributed by atoms with E-state index >= 15 is 0 Å². The first-order valence-corrected chi connectivity index (χ1v) is 5.39. The van der Waals surface area contributed by atoms with E-state index in [2.05, 4.69) is 13.8 Å². The van der Waals surface area contributed by atoms with E-state index in [1.54, 1.807) is 0 Å². The Bertz CT molecular complexity index is 277. The fourth-order valence-electron chi connectivity index (χ4n) is 1.56. The normalized spacial score (nSPS) is 10.8. The second-order valence-corrected chi connectivity index (χ2v) is 4.02. The molecule has 0 saturated carbocycles. The van der Waals surface area contributed by atoms with Crippen molar-refractivity contribution in [3.8, 4) is 0 Å². The first kappa shape index (κ1) is 10.9. The third-order valence-electron chi connectivity index (χ3n) is 2.39. The average Bonchev–Trinajstić information content (AvgIpc) is 2.10. The maximum Gasteiger partial charge on any atom is 0.0455 e. The molecule has 2 heteroatoms. The summed E-state index contributed by atoms with van der Waals surface area (Å²) >= 11 is 11.9. The van der Waals surface area contributed by atoms with Crippen molar-refractivity contribution < 1.29 is 0 Å². The quantitative estimate of drug-likeness (QED) is 0.675. The van der Waals surface area contributed by atoms with Gasteiger partial charge in [0, 0.05) is 10.0 Å². The summed E-state index contributed by atoms with van der Waals surface area (Å²) in [6, 6.07) is 5.75. The fraction of sp³-hybridized carbons (Fsp3) is 0.455. The zero-order valence-corrected chi connectivity index (χ0v) is 9.49. The molecule has 0 aliphatic heterocycles. The predicted molar refractivity (Wildman–Crippen MR) is 59.8 cm³/mol. The summed E-state index contributed by atoms with van der Waals surface area (Å²) in [7, 11) is 0. The molecule has 0 radical (unpaired) electrons. The van der Waals surface area contributed by atoms with Crippen LogP contribution in [0.3, 0.4) is 0 Å². The average molecular weight is 217 g/mol. The Morgan fingerprint density at radius 1 is 1.15 bits per heavy atom. The van der Waals surface area contributed by atoms with Gasteiger partial charge in [0.2, 0.25) is 0 Å². The van der Waals surface area contributed by atoms with Crippen molar-refractivity contribution in [3.63, 3.8) is 0 Å². The van der Waals surface area contributed by atoms with Gasteiger partial charge in [0.15, 0.2) is 0 Å². The maximum atomic E-state index is 6.10. The van der Waals surface area contributed by atoms with Crippen molar-refractivity contribution in [3.05, 3.63) is 33.8 Å². The summed E-state index contributed by atoms with van der Waals surface area (Å²) in [5.74, 6) is 0.560. The molecular formula is C11H14Cl2. The van der Waals surface area contributed by atoms with Crippen molar-refractivity contribution in [2.24, 2.45) is 0 Å². The van der Waals surface area contributed by atoms with Gasteiger partial charge >= 0.3 is 0 Å². The van der Waals surface area contributed by atoms with Crippen molar-refractivity contribution in [1.29, 1.82) is 0 Å². The van der Waals surface area contributed by atoms with E-state index < -0.39 is 0 Å². The van der Waals surface area contributed by atoms with Crippen molar-refractivity contribution in [2.45, 2.75) is 32.6 Å². The van der Waals surface area contributed by atoms with E-state index in [1.807, 2.05) is 18.2 Å². The Labute approximate surface area is 89.9 Å².